The Morgan fingerprint density at radius 3 is 2.74 bits per heavy atom. The van der Waals surface area contributed by atoms with E-state index in [4.69, 9.17) is 6.42 Å². The zero-order valence-corrected chi connectivity index (χ0v) is 12.5. The maximum Gasteiger partial charge on any atom is 0.0791 e. The van der Waals surface area contributed by atoms with E-state index in [0.29, 0.717) is 6.54 Å². The Labute approximate surface area is 117 Å². The van der Waals surface area contributed by atoms with Gasteiger partial charge in [0, 0.05) is 30.5 Å². The molecule has 0 fully saturated rings. The highest BCUT2D eigenvalue weighted by Crippen LogP contribution is 2.15. The van der Waals surface area contributed by atoms with Crippen LogP contribution in [-0.2, 0) is 6.54 Å². The van der Waals surface area contributed by atoms with Crippen molar-refractivity contribution in [3.05, 3.63) is 24.0 Å². The molecule has 1 rings (SSSR count). The van der Waals surface area contributed by atoms with Gasteiger partial charge in [-0.15, -0.1) is 6.42 Å². The summed E-state index contributed by atoms with van der Waals surface area (Å²) >= 11 is 0. The second kappa shape index (κ2) is 7.16. The molecule has 0 aliphatic heterocycles. The first-order valence-corrected chi connectivity index (χ1v) is 6.84. The van der Waals surface area contributed by atoms with Crippen LogP contribution in [-0.4, -0.2) is 23.6 Å². The van der Waals surface area contributed by atoms with Crippen LogP contribution in [0.4, 0.5) is 5.69 Å². The van der Waals surface area contributed by atoms with Gasteiger partial charge < -0.3 is 10.2 Å². The van der Waals surface area contributed by atoms with Crippen LogP contribution >= 0.6 is 0 Å². The van der Waals surface area contributed by atoms with Gasteiger partial charge in [0.15, 0.2) is 0 Å². The first kappa shape index (κ1) is 15.5. The van der Waals surface area contributed by atoms with Crippen LogP contribution in [0.3, 0.4) is 0 Å². The van der Waals surface area contributed by atoms with Crippen molar-refractivity contribution in [2.45, 2.75) is 46.2 Å². The lowest BCUT2D eigenvalue weighted by atomic mass is 10.1. The molecule has 0 aliphatic rings. The number of rotatable bonds is 6. The van der Waals surface area contributed by atoms with Crippen molar-refractivity contribution in [1.29, 1.82) is 0 Å². The van der Waals surface area contributed by atoms with Crippen LogP contribution in [0, 0.1) is 12.3 Å². The number of aromatic nitrogens is 1. The summed E-state index contributed by atoms with van der Waals surface area (Å²) in [6.45, 7) is 11.0. The molecule has 1 aromatic heterocycles. The molecule has 19 heavy (non-hydrogen) atoms. The maximum absolute atomic E-state index is 5.43. The van der Waals surface area contributed by atoms with Gasteiger partial charge in [0.05, 0.1) is 12.2 Å². The Balaban J connectivity index is 2.77. The summed E-state index contributed by atoms with van der Waals surface area (Å²) < 4.78 is 0. The van der Waals surface area contributed by atoms with Crippen LogP contribution in [0.1, 0.15) is 39.8 Å². The second-order valence-corrected chi connectivity index (χ2v) is 5.73. The quantitative estimate of drug-likeness (QED) is 0.796. The average Bonchev–Trinajstić information content (AvgIpc) is 2.36. The Bertz CT molecular complexity index is 426. The fourth-order valence-electron chi connectivity index (χ4n) is 1.79. The molecule has 0 bridgehead atoms. The lowest BCUT2D eigenvalue weighted by Crippen LogP contribution is -2.35. The molecule has 0 radical (unpaired) electrons. The van der Waals surface area contributed by atoms with Gasteiger partial charge in [-0.2, -0.15) is 0 Å². The molecule has 0 unspecified atom stereocenters. The van der Waals surface area contributed by atoms with Crippen LogP contribution in [0.15, 0.2) is 18.3 Å². The third-order valence-corrected chi connectivity index (χ3v) is 2.74. The fourth-order valence-corrected chi connectivity index (χ4v) is 1.79. The summed E-state index contributed by atoms with van der Waals surface area (Å²) in [5, 5.41) is 3.45. The summed E-state index contributed by atoms with van der Waals surface area (Å²) in [6.07, 6.45) is 8.37. The van der Waals surface area contributed by atoms with Gasteiger partial charge in [0.2, 0.25) is 0 Å². The highest BCUT2D eigenvalue weighted by molar-refractivity contribution is 5.47. The number of hydrogen-bond acceptors (Lipinski definition) is 3. The molecule has 0 aromatic carbocycles. The third kappa shape index (κ3) is 5.76. The molecule has 0 atom stereocenters. The normalized spacial score (nSPS) is 11.1. The number of terminal acetylenes is 1. The SMILES string of the molecule is C#CCN(CCC)c1ccnc(CNC(C)(C)C)c1. The topological polar surface area (TPSA) is 28.2 Å². The van der Waals surface area contributed by atoms with Crippen molar-refractivity contribution < 1.29 is 0 Å². The first-order chi connectivity index (χ1) is 8.96. The molecule has 3 heteroatoms. The monoisotopic (exact) mass is 259 g/mol. The zero-order chi connectivity index (χ0) is 14.3. The summed E-state index contributed by atoms with van der Waals surface area (Å²) in [5.41, 5.74) is 2.30. The Hall–Kier alpha value is -1.53. The van der Waals surface area contributed by atoms with Gasteiger partial charge in [0.25, 0.3) is 0 Å². The van der Waals surface area contributed by atoms with Gasteiger partial charge >= 0.3 is 0 Å². The molecule has 0 amide bonds. The van der Waals surface area contributed by atoms with E-state index in [1.165, 1.54) is 0 Å². The van der Waals surface area contributed by atoms with E-state index in [0.717, 1.165) is 30.9 Å². The van der Waals surface area contributed by atoms with Crippen molar-refractivity contribution in [3.8, 4) is 12.3 Å². The summed E-state index contributed by atoms with van der Waals surface area (Å²) in [7, 11) is 0. The minimum atomic E-state index is 0.0968. The van der Waals surface area contributed by atoms with E-state index < -0.39 is 0 Å². The van der Waals surface area contributed by atoms with E-state index >= 15 is 0 Å². The van der Waals surface area contributed by atoms with Gasteiger partial charge in [-0.05, 0) is 39.3 Å². The lowest BCUT2D eigenvalue weighted by molar-refractivity contribution is 0.421. The van der Waals surface area contributed by atoms with Crippen molar-refractivity contribution >= 4 is 5.69 Å². The minimum absolute atomic E-state index is 0.0968. The molecule has 1 heterocycles. The van der Waals surface area contributed by atoms with Crippen molar-refractivity contribution in [1.82, 2.24) is 10.3 Å². The van der Waals surface area contributed by atoms with E-state index in [2.05, 4.69) is 54.9 Å². The Morgan fingerprint density at radius 1 is 1.42 bits per heavy atom. The molecule has 0 spiro atoms. The molecule has 0 saturated carbocycles. The van der Waals surface area contributed by atoms with Crippen molar-refractivity contribution in [2.75, 3.05) is 18.0 Å². The summed E-state index contributed by atoms with van der Waals surface area (Å²) in [4.78, 5) is 6.61. The number of nitrogens with zero attached hydrogens (tertiary/aromatic N) is 2. The molecular weight excluding hydrogens is 234 g/mol. The van der Waals surface area contributed by atoms with E-state index in [-0.39, 0.29) is 5.54 Å². The number of anilines is 1. The lowest BCUT2D eigenvalue weighted by Gasteiger charge is -2.23. The van der Waals surface area contributed by atoms with E-state index in [9.17, 15) is 0 Å². The van der Waals surface area contributed by atoms with Gasteiger partial charge in [-0.3, -0.25) is 4.98 Å². The predicted octanol–water partition coefficient (Wildman–Crippen LogP) is 2.82. The smallest absolute Gasteiger partial charge is 0.0791 e. The number of hydrogen-bond donors (Lipinski definition) is 1. The Morgan fingerprint density at radius 2 is 2.16 bits per heavy atom. The van der Waals surface area contributed by atoms with Crippen LogP contribution in [0.25, 0.3) is 0 Å². The number of pyridine rings is 1. The van der Waals surface area contributed by atoms with Crippen LogP contribution in [0.5, 0.6) is 0 Å². The molecular formula is C16H25N3. The molecule has 0 saturated heterocycles. The van der Waals surface area contributed by atoms with Gasteiger partial charge in [-0.1, -0.05) is 12.8 Å². The average molecular weight is 259 g/mol. The van der Waals surface area contributed by atoms with E-state index in [1.54, 1.807) is 0 Å². The molecule has 0 aliphatic carbocycles. The van der Waals surface area contributed by atoms with Gasteiger partial charge in [-0.25, -0.2) is 0 Å². The summed E-state index contributed by atoms with van der Waals surface area (Å²) in [5.74, 6) is 2.72. The zero-order valence-electron chi connectivity index (χ0n) is 12.5. The van der Waals surface area contributed by atoms with Crippen molar-refractivity contribution in [3.63, 3.8) is 0 Å². The molecule has 1 aromatic rings. The highest BCUT2D eigenvalue weighted by atomic mass is 15.1. The summed E-state index contributed by atoms with van der Waals surface area (Å²) in [6, 6.07) is 4.14. The first-order valence-electron chi connectivity index (χ1n) is 6.84. The predicted molar refractivity (Wildman–Crippen MR) is 82.2 cm³/mol. The Kier molecular flexibility index (Phi) is 5.85. The maximum atomic E-state index is 5.43. The van der Waals surface area contributed by atoms with E-state index in [1.807, 2.05) is 12.3 Å². The molecule has 104 valence electrons. The minimum Gasteiger partial charge on any atom is -0.360 e. The standard InChI is InChI=1S/C16H25N3/c1-6-10-19(11-7-2)15-8-9-17-14(12-15)13-18-16(3,4)5/h1,8-9,12,18H,7,10-11,13H2,2-5H3. The molecule has 3 nitrogen and oxygen atoms in total. The van der Waals surface area contributed by atoms with Crippen LogP contribution in [0.2, 0.25) is 0 Å². The molecule has 1 N–H and O–H groups in total. The second-order valence-electron chi connectivity index (χ2n) is 5.73. The third-order valence-electron chi connectivity index (χ3n) is 2.74. The largest absolute Gasteiger partial charge is 0.360 e. The van der Waals surface area contributed by atoms with Crippen molar-refractivity contribution in [2.24, 2.45) is 0 Å². The highest BCUT2D eigenvalue weighted by Gasteiger charge is 2.10. The fraction of sp³-hybridized carbons (Fsp3) is 0.562. The number of nitrogens with one attached hydrogen (secondary N) is 1. The van der Waals surface area contributed by atoms with Crippen LogP contribution < -0.4 is 10.2 Å². The van der Waals surface area contributed by atoms with Gasteiger partial charge in [0.1, 0.15) is 0 Å².